The molecule has 0 radical (unpaired) electrons. The number of carbonyl (C=O) groups is 1. The molecule has 3 aromatic rings. The van der Waals surface area contributed by atoms with Crippen LogP contribution in [0.2, 0.25) is 0 Å². The van der Waals surface area contributed by atoms with Crippen molar-refractivity contribution in [2.75, 3.05) is 0 Å². The molecule has 112 valence electrons. The summed E-state index contributed by atoms with van der Waals surface area (Å²) in [6.45, 7) is 0. The van der Waals surface area contributed by atoms with Crippen LogP contribution in [0.5, 0.6) is 0 Å². The average molecular weight is 398 g/mol. The first kappa shape index (κ1) is 15.1. The maximum Gasteiger partial charge on any atom is 0.324 e. The SMILES string of the molecule is Cn1c(=NC(=O)c2ccc([N+](=O)[O-])s2)sc2cccc(Br)c21. The molecule has 0 spiro atoms. The van der Waals surface area contributed by atoms with Crippen molar-refractivity contribution in [3.8, 4) is 0 Å². The maximum atomic E-state index is 12.2. The molecule has 0 unspecified atom stereocenters. The zero-order valence-electron chi connectivity index (χ0n) is 11.1. The molecular weight excluding hydrogens is 390 g/mol. The molecule has 2 aromatic heterocycles. The van der Waals surface area contributed by atoms with E-state index in [2.05, 4.69) is 20.9 Å². The summed E-state index contributed by atoms with van der Waals surface area (Å²) in [5.41, 5.74) is 0.955. The summed E-state index contributed by atoms with van der Waals surface area (Å²) in [5.74, 6) is -0.476. The third-order valence-corrected chi connectivity index (χ3v) is 5.71. The summed E-state index contributed by atoms with van der Waals surface area (Å²) in [4.78, 5) is 27.2. The zero-order valence-corrected chi connectivity index (χ0v) is 14.4. The highest BCUT2D eigenvalue weighted by atomic mass is 79.9. The van der Waals surface area contributed by atoms with Gasteiger partial charge in [0.15, 0.2) is 4.80 Å². The Balaban J connectivity index is 2.08. The minimum Gasteiger partial charge on any atom is -0.318 e. The molecule has 0 atom stereocenters. The summed E-state index contributed by atoms with van der Waals surface area (Å²) in [5, 5.41) is 10.6. The molecule has 3 rings (SSSR count). The average Bonchev–Trinajstić information content (AvgIpc) is 3.06. The number of nitrogens with zero attached hydrogens (tertiary/aromatic N) is 3. The molecule has 0 bridgehead atoms. The van der Waals surface area contributed by atoms with Gasteiger partial charge in [-0.25, -0.2) is 0 Å². The third-order valence-electron chi connectivity index (χ3n) is 2.95. The van der Waals surface area contributed by atoms with Crippen LogP contribution in [0.25, 0.3) is 10.2 Å². The van der Waals surface area contributed by atoms with E-state index < -0.39 is 10.8 Å². The van der Waals surface area contributed by atoms with Crippen molar-refractivity contribution in [1.29, 1.82) is 0 Å². The Morgan fingerprint density at radius 1 is 1.32 bits per heavy atom. The van der Waals surface area contributed by atoms with E-state index >= 15 is 0 Å². The molecule has 2 heterocycles. The number of amides is 1. The van der Waals surface area contributed by atoms with Crippen LogP contribution in [-0.2, 0) is 7.05 Å². The Bertz CT molecular complexity index is 970. The van der Waals surface area contributed by atoms with E-state index in [0.29, 0.717) is 4.80 Å². The predicted molar refractivity (Wildman–Crippen MR) is 89.4 cm³/mol. The molecule has 0 N–H and O–H groups in total. The summed E-state index contributed by atoms with van der Waals surface area (Å²) in [7, 11) is 1.83. The third kappa shape index (κ3) is 2.62. The lowest BCUT2D eigenvalue weighted by Gasteiger charge is -1.97. The Kier molecular flexibility index (Phi) is 3.94. The summed E-state index contributed by atoms with van der Waals surface area (Å²) >= 11 is 5.70. The second-order valence-corrected chi connectivity index (χ2v) is 7.27. The Hall–Kier alpha value is -1.84. The summed E-state index contributed by atoms with van der Waals surface area (Å²) < 4.78 is 3.74. The normalized spacial score (nSPS) is 12.0. The highest BCUT2D eigenvalue weighted by Gasteiger charge is 2.15. The van der Waals surface area contributed by atoms with Crippen molar-refractivity contribution < 1.29 is 9.72 Å². The molecular formula is C13H8BrN3O3S2. The van der Waals surface area contributed by atoms with Crippen LogP contribution < -0.4 is 4.80 Å². The summed E-state index contributed by atoms with van der Waals surface area (Å²) in [6.07, 6.45) is 0. The quantitative estimate of drug-likeness (QED) is 0.488. The predicted octanol–water partition coefficient (Wildman–Crippen LogP) is 3.71. The number of rotatable bonds is 2. The summed E-state index contributed by atoms with van der Waals surface area (Å²) in [6, 6.07) is 8.53. The maximum absolute atomic E-state index is 12.2. The van der Waals surface area contributed by atoms with Gasteiger partial charge in [0.2, 0.25) is 0 Å². The number of benzene rings is 1. The van der Waals surface area contributed by atoms with Crippen molar-refractivity contribution in [2.24, 2.45) is 12.0 Å². The number of carbonyl (C=O) groups excluding carboxylic acids is 1. The van der Waals surface area contributed by atoms with E-state index in [1.54, 1.807) is 0 Å². The van der Waals surface area contributed by atoms with Gasteiger partial charge in [0.25, 0.3) is 5.91 Å². The molecule has 6 nitrogen and oxygen atoms in total. The molecule has 0 saturated heterocycles. The number of aromatic nitrogens is 1. The van der Waals surface area contributed by atoms with Crippen molar-refractivity contribution in [1.82, 2.24) is 4.57 Å². The number of hydrogen-bond donors (Lipinski definition) is 0. The topological polar surface area (TPSA) is 77.5 Å². The fourth-order valence-electron chi connectivity index (χ4n) is 1.95. The number of halogens is 1. The minimum atomic E-state index is -0.516. The van der Waals surface area contributed by atoms with E-state index in [-0.39, 0.29) is 9.88 Å². The van der Waals surface area contributed by atoms with Crippen molar-refractivity contribution >= 4 is 59.7 Å². The molecule has 0 aliphatic carbocycles. The van der Waals surface area contributed by atoms with Crippen LogP contribution in [0.4, 0.5) is 5.00 Å². The zero-order chi connectivity index (χ0) is 15.9. The van der Waals surface area contributed by atoms with Gasteiger partial charge in [-0.1, -0.05) is 28.7 Å². The smallest absolute Gasteiger partial charge is 0.318 e. The Labute approximate surface area is 140 Å². The van der Waals surface area contributed by atoms with Gasteiger partial charge >= 0.3 is 5.00 Å². The van der Waals surface area contributed by atoms with Crippen molar-refractivity contribution in [3.63, 3.8) is 0 Å². The molecule has 0 fully saturated rings. The van der Waals surface area contributed by atoms with Gasteiger partial charge in [-0.2, -0.15) is 4.99 Å². The first-order valence-corrected chi connectivity index (χ1v) is 8.47. The second-order valence-electron chi connectivity index (χ2n) is 4.34. The van der Waals surface area contributed by atoms with E-state index in [9.17, 15) is 14.9 Å². The molecule has 22 heavy (non-hydrogen) atoms. The lowest BCUT2D eigenvalue weighted by Crippen LogP contribution is -2.13. The number of thiophene rings is 1. The van der Waals surface area contributed by atoms with Crippen LogP contribution in [-0.4, -0.2) is 15.4 Å². The van der Waals surface area contributed by atoms with Gasteiger partial charge in [-0.3, -0.25) is 14.9 Å². The number of hydrogen-bond acceptors (Lipinski definition) is 5. The van der Waals surface area contributed by atoms with E-state index in [4.69, 9.17) is 0 Å². The van der Waals surface area contributed by atoms with Crippen LogP contribution in [0.1, 0.15) is 9.67 Å². The van der Waals surface area contributed by atoms with Crippen molar-refractivity contribution in [3.05, 3.63) is 54.6 Å². The lowest BCUT2D eigenvalue weighted by atomic mass is 10.3. The molecule has 9 heteroatoms. The molecule has 0 aliphatic heterocycles. The van der Waals surface area contributed by atoms with Crippen LogP contribution in [0, 0.1) is 10.1 Å². The molecule has 0 saturated carbocycles. The number of fused-ring (bicyclic) bond motifs is 1. The van der Waals surface area contributed by atoms with Gasteiger partial charge in [0.1, 0.15) is 4.88 Å². The Morgan fingerprint density at radius 2 is 2.09 bits per heavy atom. The van der Waals surface area contributed by atoms with Gasteiger partial charge in [-0.05, 0) is 34.1 Å². The lowest BCUT2D eigenvalue weighted by molar-refractivity contribution is -0.380. The largest absolute Gasteiger partial charge is 0.324 e. The van der Waals surface area contributed by atoms with Crippen molar-refractivity contribution in [2.45, 2.75) is 0 Å². The van der Waals surface area contributed by atoms with Crippen LogP contribution in [0.3, 0.4) is 0 Å². The fraction of sp³-hybridized carbons (Fsp3) is 0.0769. The van der Waals surface area contributed by atoms with E-state index in [0.717, 1.165) is 26.0 Å². The fourth-order valence-corrected chi connectivity index (χ4v) is 4.46. The molecule has 1 amide bonds. The monoisotopic (exact) mass is 397 g/mol. The van der Waals surface area contributed by atoms with Gasteiger partial charge in [-0.15, -0.1) is 0 Å². The minimum absolute atomic E-state index is 0.0676. The molecule has 1 aromatic carbocycles. The number of aryl methyl sites for hydroxylation is 1. The highest BCUT2D eigenvalue weighted by Crippen LogP contribution is 2.26. The van der Waals surface area contributed by atoms with Gasteiger partial charge < -0.3 is 4.57 Å². The Morgan fingerprint density at radius 3 is 2.73 bits per heavy atom. The van der Waals surface area contributed by atoms with Gasteiger partial charge in [0.05, 0.1) is 15.1 Å². The molecule has 0 aliphatic rings. The van der Waals surface area contributed by atoms with E-state index in [1.165, 1.54) is 23.5 Å². The number of nitro groups is 1. The highest BCUT2D eigenvalue weighted by molar-refractivity contribution is 9.10. The number of para-hydroxylation sites is 1. The number of thiazole rings is 1. The second kappa shape index (κ2) is 5.75. The standard InChI is InChI=1S/C13H8BrN3O3S2/c1-16-11-7(14)3-2-4-8(11)22-13(16)15-12(18)9-5-6-10(21-9)17(19)20/h2-6H,1H3. The van der Waals surface area contributed by atoms with E-state index in [1.807, 2.05) is 29.8 Å². The van der Waals surface area contributed by atoms with Gasteiger partial charge in [0, 0.05) is 17.6 Å². The first-order valence-electron chi connectivity index (χ1n) is 6.04. The van der Waals surface area contributed by atoms with Crippen LogP contribution in [0.15, 0.2) is 39.8 Å². The first-order chi connectivity index (χ1) is 10.5. The van der Waals surface area contributed by atoms with Crippen LogP contribution >= 0.6 is 38.6 Å².